The molecule has 28 heavy (non-hydrogen) atoms. The predicted octanol–water partition coefficient (Wildman–Crippen LogP) is 2.41. The molecule has 1 saturated heterocycles. The largest absolute Gasteiger partial charge is 0.493 e. The van der Waals surface area contributed by atoms with Crippen LogP contribution in [0.15, 0.2) is 53.4 Å². The third-order valence-corrected chi connectivity index (χ3v) is 6.71. The number of sulfonamides is 1. The summed E-state index contributed by atoms with van der Waals surface area (Å²) in [6.45, 7) is 5.82. The van der Waals surface area contributed by atoms with Crippen molar-refractivity contribution in [1.29, 1.82) is 0 Å². The molecule has 7 heteroatoms. The quantitative estimate of drug-likeness (QED) is 0.833. The molecule has 2 aliphatic rings. The minimum absolute atomic E-state index is 0.159. The number of fused-ring (bicyclic) bond motifs is 1. The van der Waals surface area contributed by atoms with Gasteiger partial charge in [0, 0.05) is 31.9 Å². The Hall–Kier alpha value is -2.09. The lowest BCUT2D eigenvalue weighted by Gasteiger charge is -2.37. The molecule has 0 bridgehead atoms. The van der Waals surface area contributed by atoms with Gasteiger partial charge in [0.25, 0.3) is 0 Å². The van der Waals surface area contributed by atoms with Gasteiger partial charge in [0.15, 0.2) is 0 Å². The summed E-state index contributed by atoms with van der Waals surface area (Å²) in [7, 11) is -3.63. The van der Waals surface area contributed by atoms with Gasteiger partial charge in [-0.15, -0.1) is 0 Å². The molecule has 0 amide bonds. The molecule has 1 fully saturated rings. The van der Waals surface area contributed by atoms with E-state index in [9.17, 15) is 8.42 Å². The summed E-state index contributed by atoms with van der Waals surface area (Å²) in [5.74, 6) is 1.63. The topological polar surface area (TPSA) is 75.9 Å². The van der Waals surface area contributed by atoms with Gasteiger partial charge in [-0.25, -0.2) is 13.6 Å². The van der Waals surface area contributed by atoms with Gasteiger partial charge in [-0.1, -0.05) is 18.2 Å². The molecule has 0 saturated carbocycles. The lowest BCUT2D eigenvalue weighted by Crippen LogP contribution is -2.46. The van der Waals surface area contributed by atoms with E-state index in [2.05, 4.69) is 28.0 Å². The van der Waals surface area contributed by atoms with E-state index in [1.807, 2.05) is 18.2 Å². The molecule has 6 nitrogen and oxygen atoms in total. The van der Waals surface area contributed by atoms with E-state index in [0.717, 1.165) is 63.6 Å². The number of para-hydroxylation sites is 1. The molecule has 4 rings (SSSR count). The fraction of sp³-hybridized carbons (Fsp3) is 0.429. The van der Waals surface area contributed by atoms with Crippen LogP contribution in [0, 0.1) is 0 Å². The van der Waals surface area contributed by atoms with E-state index in [-0.39, 0.29) is 4.90 Å². The normalized spacial score (nSPS) is 20.5. The smallest absolute Gasteiger partial charge is 0.238 e. The molecule has 2 aromatic rings. The molecule has 2 heterocycles. The number of nitrogens with two attached hydrogens (primary N) is 1. The molecule has 1 atom stereocenters. The van der Waals surface area contributed by atoms with Crippen LogP contribution >= 0.6 is 0 Å². The summed E-state index contributed by atoms with van der Waals surface area (Å²) < 4.78 is 28.6. The first kappa shape index (κ1) is 19.2. The number of anilines is 1. The average molecular weight is 402 g/mol. The molecule has 0 radical (unpaired) electrons. The lowest BCUT2D eigenvalue weighted by atomic mass is 9.90. The van der Waals surface area contributed by atoms with Crippen molar-refractivity contribution in [2.24, 2.45) is 5.14 Å². The molecule has 0 aliphatic carbocycles. The van der Waals surface area contributed by atoms with E-state index < -0.39 is 10.0 Å². The third kappa shape index (κ3) is 4.32. The molecular formula is C21H27N3O3S. The van der Waals surface area contributed by atoms with Crippen LogP contribution in [0.2, 0.25) is 0 Å². The number of primary sulfonamides is 1. The number of ether oxygens (including phenoxy) is 1. The Bertz CT molecular complexity index is 907. The first-order valence-corrected chi connectivity index (χ1v) is 11.4. The van der Waals surface area contributed by atoms with Crippen molar-refractivity contribution in [2.45, 2.75) is 23.7 Å². The Morgan fingerprint density at radius 2 is 1.71 bits per heavy atom. The average Bonchev–Trinajstić information content (AvgIpc) is 2.72. The Morgan fingerprint density at radius 1 is 1.00 bits per heavy atom. The number of benzene rings is 2. The van der Waals surface area contributed by atoms with Crippen molar-refractivity contribution >= 4 is 15.7 Å². The van der Waals surface area contributed by atoms with Crippen LogP contribution in [0.4, 0.5) is 5.69 Å². The molecule has 2 aromatic carbocycles. The second-order valence-corrected chi connectivity index (χ2v) is 9.09. The van der Waals surface area contributed by atoms with Gasteiger partial charge in [0.2, 0.25) is 10.0 Å². The second-order valence-electron chi connectivity index (χ2n) is 7.53. The van der Waals surface area contributed by atoms with Crippen molar-refractivity contribution in [3.05, 3.63) is 54.1 Å². The van der Waals surface area contributed by atoms with Gasteiger partial charge in [-0.2, -0.15) is 0 Å². The Kier molecular flexibility index (Phi) is 5.57. The van der Waals surface area contributed by atoms with Crippen LogP contribution in [-0.4, -0.2) is 52.6 Å². The maximum atomic E-state index is 11.4. The van der Waals surface area contributed by atoms with Crippen molar-refractivity contribution in [3.63, 3.8) is 0 Å². The van der Waals surface area contributed by atoms with Gasteiger partial charge in [-0.3, -0.25) is 4.90 Å². The van der Waals surface area contributed by atoms with Gasteiger partial charge in [-0.05, 0) is 61.2 Å². The summed E-state index contributed by atoms with van der Waals surface area (Å²) >= 11 is 0. The first-order valence-electron chi connectivity index (χ1n) is 9.82. The Balaban J connectivity index is 1.29. The van der Waals surface area contributed by atoms with Crippen LogP contribution in [0.1, 0.15) is 24.3 Å². The van der Waals surface area contributed by atoms with Gasteiger partial charge in [0.1, 0.15) is 5.75 Å². The van der Waals surface area contributed by atoms with Crippen LogP contribution in [0.3, 0.4) is 0 Å². The van der Waals surface area contributed by atoms with Crippen molar-refractivity contribution < 1.29 is 13.2 Å². The van der Waals surface area contributed by atoms with Gasteiger partial charge >= 0.3 is 0 Å². The lowest BCUT2D eigenvalue weighted by molar-refractivity contribution is 0.223. The molecule has 150 valence electrons. The highest BCUT2D eigenvalue weighted by Gasteiger charge is 2.23. The van der Waals surface area contributed by atoms with Crippen molar-refractivity contribution in [2.75, 3.05) is 44.2 Å². The summed E-state index contributed by atoms with van der Waals surface area (Å²) in [5, 5.41) is 5.17. The third-order valence-electron chi connectivity index (χ3n) is 5.78. The highest BCUT2D eigenvalue weighted by atomic mass is 32.2. The summed E-state index contributed by atoms with van der Waals surface area (Å²) in [6.07, 6.45) is 2.25. The molecule has 0 spiro atoms. The van der Waals surface area contributed by atoms with Crippen LogP contribution in [-0.2, 0) is 10.0 Å². The second kappa shape index (κ2) is 8.11. The minimum Gasteiger partial charge on any atom is -0.493 e. The van der Waals surface area contributed by atoms with E-state index in [1.165, 1.54) is 5.56 Å². The molecule has 1 unspecified atom stereocenters. The molecule has 2 N–H and O–H groups in total. The summed E-state index contributed by atoms with van der Waals surface area (Å²) in [4.78, 5) is 4.98. The first-order chi connectivity index (χ1) is 13.5. The van der Waals surface area contributed by atoms with E-state index in [4.69, 9.17) is 9.88 Å². The standard InChI is InChI=1S/C21H27N3O3S/c22-28(25,26)19-7-5-18(6-8-19)24-14-12-23(13-15-24)11-9-17-10-16-27-21-4-2-1-3-20(17)21/h1-8,17H,9-16H2,(H2,22,25,26). The fourth-order valence-electron chi connectivity index (χ4n) is 4.13. The number of piperazine rings is 1. The number of rotatable bonds is 5. The zero-order chi connectivity index (χ0) is 19.6. The number of hydrogen-bond acceptors (Lipinski definition) is 5. The Labute approximate surface area is 166 Å². The highest BCUT2D eigenvalue weighted by molar-refractivity contribution is 7.89. The van der Waals surface area contributed by atoms with Gasteiger partial charge < -0.3 is 9.64 Å². The Morgan fingerprint density at radius 3 is 2.43 bits per heavy atom. The monoisotopic (exact) mass is 401 g/mol. The van der Waals surface area contributed by atoms with E-state index in [1.54, 1.807) is 12.1 Å². The highest BCUT2D eigenvalue weighted by Crippen LogP contribution is 2.35. The van der Waals surface area contributed by atoms with Gasteiger partial charge in [0.05, 0.1) is 11.5 Å². The maximum absolute atomic E-state index is 11.4. The van der Waals surface area contributed by atoms with E-state index >= 15 is 0 Å². The zero-order valence-electron chi connectivity index (χ0n) is 16.0. The fourth-order valence-corrected chi connectivity index (χ4v) is 4.65. The minimum atomic E-state index is -3.63. The predicted molar refractivity (Wildman–Crippen MR) is 110 cm³/mol. The van der Waals surface area contributed by atoms with E-state index in [0.29, 0.717) is 5.92 Å². The SMILES string of the molecule is NS(=O)(=O)c1ccc(N2CCN(CCC3CCOc4ccccc43)CC2)cc1. The number of hydrogen-bond donors (Lipinski definition) is 1. The summed E-state index contributed by atoms with van der Waals surface area (Å²) in [5.41, 5.74) is 2.40. The van der Waals surface area contributed by atoms with Crippen molar-refractivity contribution in [3.8, 4) is 5.75 Å². The van der Waals surface area contributed by atoms with Crippen molar-refractivity contribution in [1.82, 2.24) is 4.90 Å². The maximum Gasteiger partial charge on any atom is 0.238 e. The van der Waals surface area contributed by atoms with Crippen LogP contribution in [0.25, 0.3) is 0 Å². The molecular weight excluding hydrogens is 374 g/mol. The molecule has 2 aliphatic heterocycles. The van der Waals surface area contributed by atoms with Crippen LogP contribution in [0.5, 0.6) is 5.75 Å². The zero-order valence-corrected chi connectivity index (χ0v) is 16.8. The van der Waals surface area contributed by atoms with Crippen LogP contribution < -0.4 is 14.8 Å². The summed E-state index contributed by atoms with van der Waals surface area (Å²) in [6, 6.07) is 15.3. The number of nitrogens with zero attached hydrogens (tertiary/aromatic N) is 2. The molecule has 0 aromatic heterocycles.